The summed E-state index contributed by atoms with van der Waals surface area (Å²) in [6.07, 6.45) is -5.60. The van der Waals surface area contributed by atoms with Gasteiger partial charge in [-0.25, -0.2) is 4.79 Å². The van der Waals surface area contributed by atoms with Gasteiger partial charge in [0.15, 0.2) is 0 Å². The van der Waals surface area contributed by atoms with E-state index in [1.165, 1.54) is 0 Å². The van der Waals surface area contributed by atoms with E-state index in [1.54, 1.807) is 6.92 Å². The van der Waals surface area contributed by atoms with Crippen LogP contribution >= 0.6 is 0 Å². The molecule has 0 saturated carbocycles. The molecule has 0 aliphatic carbocycles. The number of aliphatic hydroxyl groups excluding tert-OH is 4. The van der Waals surface area contributed by atoms with Gasteiger partial charge in [0.05, 0.1) is 18.8 Å². The number of aliphatic carboxylic acids is 1. The van der Waals surface area contributed by atoms with Crippen LogP contribution in [0.25, 0.3) is 0 Å². The summed E-state index contributed by atoms with van der Waals surface area (Å²) in [4.78, 5) is 11.2. The minimum atomic E-state index is -2.08. The number of hydrogen-bond donors (Lipinski definition) is 5. The van der Waals surface area contributed by atoms with Crippen molar-refractivity contribution in [2.45, 2.75) is 43.5 Å². The molecule has 0 aromatic carbocycles. The lowest BCUT2D eigenvalue weighted by atomic mass is 9.84. The second-order valence-electron chi connectivity index (χ2n) is 4.72. The van der Waals surface area contributed by atoms with Crippen LogP contribution in [-0.2, 0) is 14.3 Å². The Balaban J connectivity index is 2.99. The molecule has 0 aromatic rings. The van der Waals surface area contributed by atoms with Gasteiger partial charge in [-0.15, -0.1) is 0 Å². The molecule has 0 radical (unpaired) electrons. The quantitative estimate of drug-likeness (QED) is 0.387. The molecule has 8 heteroatoms. The lowest BCUT2D eigenvalue weighted by Crippen LogP contribution is -2.60. The largest absolute Gasteiger partial charge is 0.477 e. The molecule has 1 rings (SSSR count). The van der Waals surface area contributed by atoms with Crippen LogP contribution in [0.3, 0.4) is 0 Å². The number of rotatable bonds is 5. The molecule has 1 fully saturated rings. The maximum atomic E-state index is 11.2. The zero-order chi connectivity index (χ0) is 14.8. The number of carboxylic acid groups (broad SMARTS) is 1. The van der Waals surface area contributed by atoms with E-state index in [0.717, 1.165) is 7.11 Å². The summed E-state index contributed by atoms with van der Waals surface area (Å²) in [5.74, 6) is -4.14. The first-order chi connectivity index (χ1) is 8.79. The van der Waals surface area contributed by atoms with Gasteiger partial charge in [0.2, 0.25) is 0 Å². The topological polar surface area (TPSA) is 137 Å². The number of aliphatic hydroxyl groups is 4. The van der Waals surface area contributed by atoms with Crippen LogP contribution in [0, 0.1) is 5.92 Å². The molecule has 1 unspecified atom stereocenters. The van der Waals surface area contributed by atoms with Gasteiger partial charge < -0.3 is 35.0 Å². The van der Waals surface area contributed by atoms with Crippen LogP contribution in [0.4, 0.5) is 0 Å². The molecule has 19 heavy (non-hydrogen) atoms. The van der Waals surface area contributed by atoms with E-state index in [9.17, 15) is 20.1 Å². The van der Waals surface area contributed by atoms with Crippen molar-refractivity contribution in [2.24, 2.45) is 5.92 Å². The molecule has 5 N–H and O–H groups in total. The molecule has 0 spiro atoms. The number of carboxylic acids is 1. The minimum Gasteiger partial charge on any atom is -0.477 e. The van der Waals surface area contributed by atoms with Gasteiger partial charge in [-0.3, -0.25) is 0 Å². The van der Waals surface area contributed by atoms with E-state index in [-0.39, 0.29) is 6.42 Å². The Morgan fingerprint density at radius 1 is 1.53 bits per heavy atom. The van der Waals surface area contributed by atoms with Crippen LogP contribution in [0.15, 0.2) is 0 Å². The Morgan fingerprint density at radius 3 is 2.53 bits per heavy atom. The van der Waals surface area contributed by atoms with E-state index in [0.29, 0.717) is 0 Å². The van der Waals surface area contributed by atoms with Crippen LogP contribution in [0.2, 0.25) is 0 Å². The summed E-state index contributed by atoms with van der Waals surface area (Å²) in [5, 5.41) is 47.1. The lowest BCUT2D eigenvalue weighted by molar-refractivity contribution is -0.310. The molecule has 112 valence electrons. The highest BCUT2D eigenvalue weighted by Gasteiger charge is 2.53. The highest BCUT2D eigenvalue weighted by Crippen LogP contribution is 2.35. The zero-order valence-electron chi connectivity index (χ0n) is 10.8. The van der Waals surface area contributed by atoms with Crippen molar-refractivity contribution >= 4 is 5.97 Å². The van der Waals surface area contributed by atoms with Gasteiger partial charge in [-0.2, -0.15) is 0 Å². The van der Waals surface area contributed by atoms with Gasteiger partial charge in [0.1, 0.15) is 12.2 Å². The Hall–Kier alpha value is -0.770. The number of hydrogen-bond acceptors (Lipinski definition) is 7. The molecular formula is C11H20O8. The summed E-state index contributed by atoms with van der Waals surface area (Å²) in [6.45, 7) is 0.834. The first-order valence-corrected chi connectivity index (χ1v) is 5.90. The van der Waals surface area contributed by atoms with Gasteiger partial charge >= 0.3 is 5.97 Å². The fraction of sp³-hybridized carbons (Fsp3) is 0.909. The molecular weight excluding hydrogens is 260 g/mol. The lowest BCUT2D eigenvalue weighted by Gasteiger charge is -2.44. The maximum Gasteiger partial charge on any atom is 0.364 e. The van der Waals surface area contributed by atoms with Crippen molar-refractivity contribution in [1.82, 2.24) is 0 Å². The van der Waals surface area contributed by atoms with Gasteiger partial charge in [0, 0.05) is 19.4 Å². The van der Waals surface area contributed by atoms with Gasteiger partial charge in [-0.1, -0.05) is 6.92 Å². The fourth-order valence-corrected chi connectivity index (χ4v) is 2.12. The number of carbonyl (C=O) groups is 1. The predicted octanol–water partition coefficient (Wildman–Crippen LogP) is -2.09. The molecule has 6 atom stereocenters. The normalized spacial score (nSPS) is 38.7. The molecule has 8 nitrogen and oxygen atoms in total. The average molecular weight is 280 g/mol. The predicted molar refractivity (Wildman–Crippen MR) is 61.1 cm³/mol. The summed E-state index contributed by atoms with van der Waals surface area (Å²) in [7, 11) is 1.11. The van der Waals surface area contributed by atoms with E-state index in [4.69, 9.17) is 19.7 Å². The van der Waals surface area contributed by atoms with Crippen LogP contribution in [-0.4, -0.2) is 75.4 Å². The first-order valence-electron chi connectivity index (χ1n) is 5.90. The second kappa shape index (κ2) is 6.12. The SMILES string of the molecule is CO[C@]1(C(=O)O)C[C@H](O)[C@@H](C)C([C@H](O)[C@H](O)CO)O1. The van der Waals surface area contributed by atoms with Gasteiger partial charge in [0.25, 0.3) is 5.79 Å². The van der Waals surface area contributed by atoms with Crippen molar-refractivity contribution in [2.75, 3.05) is 13.7 Å². The fourth-order valence-electron chi connectivity index (χ4n) is 2.12. The Morgan fingerprint density at radius 2 is 2.11 bits per heavy atom. The van der Waals surface area contributed by atoms with Crippen molar-refractivity contribution in [3.63, 3.8) is 0 Å². The maximum absolute atomic E-state index is 11.2. The number of ether oxygens (including phenoxy) is 2. The van der Waals surface area contributed by atoms with E-state index in [2.05, 4.69) is 0 Å². The van der Waals surface area contributed by atoms with E-state index < -0.39 is 48.7 Å². The van der Waals surface area contributed by atoms with Crippen LogP contribution in [0.5, 0.6) is 0 Å². The molecule has 1 aliphatic rings. The average Bonchev–Trinajstić information content (AvgIpc) is 2.39. The van der Waals surface area contributed by atoms with E-state index >= 15 is 0 Å². The van der Waals surface area contributed by atoms with Crippen molar-refractivity contribution in [1.29, 1.82) is 0 Å². The zero-order valence-corrected chi connectivity index (χ0v) is 10.8. The third kappa shape index (κ3) is 3.04. The van der Waals surface area contributed by atoms with Crippen molar-refractivity contribution in [3.05, 3.63) is 0 Å². The van der Waals surface area contributed by atoms with E-state index in [1.807, 2.05) is 0 Å². The second-order valence-corrected chi connectivity index (χ2v) is 4.72. The summed E-state index contributed by atoms with van der Waals surface area (Å²) in [5.41, 5.74) is 0. The van der Waals surface area contributed by atoms with Crippen LogP contribution < -0.4 is 0 Å². The standard InChI is InChI=1S/C11H20O8/c1-5-6(13)3-11(18-2,10(16)17)19-9(5)8(15)7(14)4-12/h5-9,12-15H,3-4H2,1-2H3,(H,16,17)/t5-,6+,7-,8-,9?,11-/m1/s1. The molecule has 0 amide bonds. The smallest absolute Gasteiger partial charge is 0.364 e. The summed E-state index contributed by atoms with van der Waals surface area (Å²) >= 11 is 0. The highest BCUT2D eigenvalue weighted by molar-refractivity contribution is 5.76. The summed E-state index contributed by atoms with van der Waals surface area (Å²) in [6, 6.07) is 0. The summed E-state index contributed by atoms with van der Waals surface area (Å²) < 4.78 is 10.1. The Bertz CT molecular complexity index is 322. The van der Waals surface area contributed by atoms with Crippen molar-refractivity contribution in [3.8, 4) is 0 Å². The Labute approximate surface area is 110 Å². The highest BCUT2D eigenvalue weighted by atomic mass is 16.7. The third-order valence-corrected chi connectivity index (χ3v) is 3.50. The minimum absolute atomic E-state index is 0.293. The molecule has 0 aromatic heterocycles. The first kappa shape index (κ1) is 16.3. The molecule has 1 heterocycles. The monoisotopic (exact) mass is 280 g/mol. The molecule has 1 aliphatic heterocycles. The third-order valence-electron chi connectivity index (χ3n) is 3.50. The van der Waals surface area contributed by atoms with Crippen molar-refractivity contribution < 1.29 is 39.8 Å². The van der Waals surface area contributed by atoms with Gasteiger partial charge in [-0.05, 0) is 0 Å². The number of methoxy groups -OCH3 is 1. The molecule has 0 bridgehead atoms. The molecule has 1 saturated heterocycles. The Kier molecular flexibility index (Phi) is 5.25. The van der Waals surface area contributed by atoms with Crippen LogP contribution in [0.1, 0.15) is 13.3 Å².